The van der Waals surface area contributed by atoms with Crippen LogP contribution in [0.25, 0.3) is 0 Å². The molecule has 1 saturated heterocycles. The number of aliphatic hydroxyl groups excluding tert-OH is 1. The Bertz CT molecular complexity index is 782. The first-order valence-electron chi connectivity index (χ1n) is 9.50. The number of nitrogens with zero attached hydrogens (tertiary/aromatic N) is 3. The molecule has 0 aliphatic carbocycles. The molecule has 8 heteroatoms. The van der Waals surface area contributed by atoms with Crippen molar-refractivity contribution in [2.24, 2.45) is 18.9 Å². The van der Waals surface area contributed by atoms with Gasteiger partial charge in [0.05, 0.1) is 25.7 Å². The SMILES string of the molecule is Cn1ccnc1CN1C[C@@H](COc2cccc(F)c2)C[C@@H](C(=O)NCCO)C1. The molecule has 0 spiro atoms. The average Bonchev–Trinajstić information content (AvgIpc) is 3.09. The van der Waals surface area contributed by atoms with Crippen molar-refractivity contribution in [1.82, 2.24) is 19.8 Å². The van der Waals surface area contributed by atoms with Crippen LogP contribution in [0.2, 0.25) is 0 Å². The van der Waals surface area contributed by atoms with E-state index in [2.05, 4.69) is 15.2 Å². The Labute approximate surface area is 164 Å². The van der Waals surface area contributed by atoms with Gasteiger partial charge in [-0.15, -0.1) is 0 Å². The standard InChI is InChI=1S/C20H27FN4O3/c1-24-7-5-22-19(24)13-25-11-15(9-16(12-25)20(27)23-6-8-26)14-28-18-4-2-3-17(21)10-18/h2-5,7,10,15-16,26H,6,8-9,11-14H2,1H3,(H,23,27)/t15-,16+/m0/s1. The third-order valence-electron chi connectivity index (χ3n) is 4.96. The average molecular weight is 390 g/mol. The van der Waals surface area contributed by atoms with Crippen LogP contribution < -0.4 is 10.1 Å². The molecule has 1 fully saturated rings. The highest BCUT2D eigenvalue weighted by atomic mass is 19.1. The van der Waals surface area contributed by atoms with Crippen LogP contribution in [-0.2, 0) is 18.4 Å². The number of nitrogens with one attached hydrogen (secondary N) is 1. The van der Waals surface area contributed by atoms with Crippen LogP contribution in [0, 0.1) is 17.7 Å². The van der Waals surface area contributed by atoms with Gasteiger partial charge in [0, 0.05) is 51.1 Å². The highest BCUT2D eigenvalue weighted by Gasteiger charge is 2.32. The summed E-state index contributed by atoms with van der Waals surface area (Å²) in [7, 11) is 1.95. The molecule has 1 aromatic carbocycles. The smallest absolute Gasteiger partial charge is 0.224 e. The second-order valence-electron chi connectivity index (χ2n) is 7.23. The molecular formula is C20H27FN4O3. The van der Waals surface area contributed by atoms with Crippen molar-refractivity contribution in [3.8, 4) is 5.75 Å². The number of aliphatic hydroxyl groups is 1. The van der Waals surface area contributed by atoms with E-state index in [0.717, 1.165) is 12.4 Å². The monoisotopic (exact) mass is 390 g/mol. The maximum Gasteiger partial charge on any atom is 0.224 e. The molecule has 0 unspecified atom stereocenters. The Morgan fingerprint density at radius 2 is 2.29 bits per heavy atom. The summed E-state index contributed by atoms with van der Waals surface area (Å²) in [5, 5.41) is 11.7. The van der Waals surface area contributed by atoms with E-state index in [1.165, 1.54) is 12.1 Å². The van der Waals surface area contributed by atoms with Gasteiger partial charge in [-0.05, 0) is 18.6 Å². The lowest BCUT2D eigenvalue weighted by atomic mass is 9.89. The van der Waals surface area contributed by atoms with Crippen LogP contribution in [0.4, 0.5) is 4.39 Å². The minimum atomic E-state index is -0.334. The lowest BCUT2D eigenvalue weighted by Crippen LogP contribution is -2.47. The van der Waals surface area contributed by atoms with E-state index in [-0.39, 0.29) is 36.7 Å². The van der Waals surface area contributed by atoms with Gasteiger partial charge in [0.1, 0.15) is 17.4 Å². The number of rotatable bonds is 8. The number of carbonyl (C=O) groups excluding carboxylic acids is 1. The summed E-state index contributed by atoms with van der Waals surface area (Å²) in [4.78, 5) is 19.1. The van der Waals surface area contributed by atoms with Crippen LogP contribution in [0.15, 0.2) is 36.7 Å². The third-order valence-corrected chi connectivity index (χ3v) is 4.96. The van der Waals surface area contributed by atoms with Crippen LogP contribution in [0.1, 0.15) is 12.2 Å². The van der Waals surface area contributed by atoms with Crippen LogP contribution in [-0.4, -0.2) is 58.3 Å². The number of halogens is 1. The molecule has 1 amide bonds. The molecular weight excluding hydrogens is 363 g/mol. The lowest BCUT2D eigenvalue weighted by molar-refractivity contribution is -0.128. The minimum absolute atomic E-state index is 0.0608. The molecule has 0 radical (unpaired) electrons. The molecule has 7 nitrogen and oxygen atoms in total. The highest BCUT2D eigenvalue weighted by Crippen LogP contribution is 2.25. The maximum atomic E-state index is 13.4. The minimum Gasteiger partial charge on any atom is -0.493 e. The highest BCUT2D eigenvalue weighted by molar-refractivity contribution is 5.79. The summed E-state index contributed by atoms with van der Waals surface area (Å²) < 4.78 is 21.1. The number of aryl methyl sites for hydroxylation is 1. The molecule has 28 heavy (non-hydrogen) atoms. The summed E-state index contributed by atoms with van der Waals surface area (Å²) in [6.07, 6.45) is 4.34. The van der Waals surface area contributed by atoms with Gasteiger partial charge in [-0.2, -0.15) is 0 Å². The quantitative estimate of drug-likeness (QED) is 0.708. The van der Waals surface area contributed by atoms with Gasteiger partial charge < -0.3 is 19.7 Å². The zero-order valence-corrected chi connectivity index (χ0v) is 16.1. The first-order chi connectivity index (χ1) is 13.5. The maximum absolute atomic E-state index is 13.4. The Morgan fingerprint density at radius 1 is 1.43 bits per heavy atom. The zero-order chi connectivity index (χ0) is 19.9. The summed E-state index contributed by atoms with van der Waals surface area (Å²) in [6.45, 7) is 2.61. The molecule has 2 N–H and O–H groups in total. The largest absolute Gasteiger partial charge is 0.493 e. The number of aromatic nitrogens is 2. The first-order valence-corrected chi connectivity index (χ1v) is 9.50. The van der Waals surface area contributed by atoms with Crippen molar-refractivity contribution < 1.29 is 19.0 Å². The Kier molecular flexibility index (Phi) is 7.00. The van der Waals surface area contributed by atoms with Gasteiger partial charge in [-0.25, -0.2) is 9.37 Å². The first kappa shape index (κ1) is 20.3. The summed E-state index contributed by atoms with van der Waals surface area (Å²) in [5.74, 6) is 0.959. The van der Waals surface area contributed by atoms with Gasteiger partial charge in [-0.3, -0.25) is 9.69 Å². The van der Waals surface area contributed by atoms with E-state index < -0.39 is 0 Å². The fourth-order valence-corrected chi connectivity index (χ4v) is 3.59. The molecule has 2 heterocycles. The van der Waals surface area contributed by atoms with E-state index in [1.54, 1.807) is 18.3 Å². The fraction of sp³-hybridized carbons (Fsp3) is 0.500. The number of amides is 1. The van der Waals surface area contributed by atoms with Gasteiger partial charge in [0.2, 0.25) is 5.91 Å². The van der Waals surface area contributed by atoms with Gasteiger partial charge in [-0.1, -0.05) is 6.07 Å². The number of piperidine rings is 1. The van der Waals surface area contributed by atoms with Crippen molar-refractivity contribution in [3.05, 3.63) is 48.3 Å². The molecule has 0 bridgehead atoms. The molecule has 1 aliphatic rings. The zero-order valence-electron chi connectivity index (χ0n) is 16.1. The van der Waals surface area contributed by atoms with Gasteiger partial charge in [0.25, 0.3) is 0 Å². The molecule has 1 aliphatic heterocycles. The van der Waals surface area contributed by atoms with Gasteiger partial charge in [0.15, 0.2) is 0 Å². The Hall–Kier alpha value is -2.45. The van der Waals surface area contributed by atoms with Crippen LogP contribution in [0.3, 0.4) is 0 Å². The van der Waals surface area contributed by atoms with E-state index >= 15 is 0 Å². The predicted molar refractivity (Wildman–Crippen MR) is 102 cm³/mol. The van der Waals surface area contributed by atoms with Crippen molar-refractivity contribution in [3.63, 3.8) is 0 Å². The molecule has 152 valence electrons. The topological polar surface area (TPSA) is 79.6 Å². The number of hydrogen-bond donors (Lipinski definition) is 2. The molecule has 2 aromatic rings. The summed E-state index contributed by atoms with van der Waals surface area (Å²) in [6, 6.07) is 6.08. The van der Waals surface area contributed by atoms with Crippen molar-refractivity contribution in [1.29, 1.82) is 0 Å². The second-order valence-corrected chi connectivity index (χ2v) is 7.23. The van der Waals surface area contributed by atoms with E-state index in [0.29, 0.717) is 31.9 Å². The number of imidazole rings is 1. The lowest BCUT2D eigenvalue weighted by Gasteiger charge is -2.36. The Balaban J connectivity index is 1.65. The summed E-state index contributed by atoms with van der Waals surface area (Å²) >= 11 is 0. The van der Waals surface area contributed by atoms with E-state index in [9.17, 15) is 9.18 Å². The molecule has 3 rings (SSSR count). The number of hydrogen-bond acceptors (Lipinski definition) is 5. The van der Waals surface area contributed by atoms with E-state index in [4.69, 9.17) is 9.84 Å². The number of carbonyl (C=O) groups is 1. The van der Waals surface area contributed by atoms with Crippen molar-refractivity contribution in [2.45, 2.75) is 13.0 Å². The van der Waals surface area contributed by atoms with E-state index in [1.807, 2.05) is 17.8 Å². The van der Waals surface area contributed by atoms with Crippen molar-refractivity contribution in [2.75, 3.05) is 32.8 Å². The molecule has 0 saturated carbocycles. The predicted octanol–water partition coefficient (Wildman–Crippen LogP) is 1.18. The van der Waals surface area contributed by atoms with Crippen LogP contribution in [0.5, 0.6) is 5.75 Å². The number of benzene rings is 1. The Morgan fingerprint density at radius 3 is 3.00 bits per heavy atom. The van der Waals surface area contributed by atoms with Gasteiger partial charge >= 0.3 is 0 Å². The molecule has 2 atom stereocenters. The normalized spacial score (nSPS) is 20.1. The molecule has 1 aromatic heterocycles. The fourth-order valence-electron chi connectivity index (χ4n) is 3.59. The second kappa shape index (κ2) is 9.66. The number of ether oxygens (including phenoxy) is 1. The summed E-state index contributed by atoms with van der Waals surface area (Å²) in [5.41, 5.74) is 0. The van der Waals surface area contributed by atoms with Crippen molar-refractivity contribution >= 4 is 5.91 Å². The van der Waals surface area contributed by atoms with Crippen LogP contribution >= 0.6 is 0 Å². The number of likely N-dealkylation sites (tertiary alicyclic amines) is 1. The third kappa shape index (κ3) is 5.53.